The minimum absolute atomic E-state index is 0.366. The molecule has 1 rings (SSSR count). The Morgan fingerprint density at radius 1 is 1.38 bits per heavy atom. The van der Waals surface area contributed by atoms with Crippen molar-refractivity contribution in [2.75, 3.05) is 13.7 Å². The van der Waals surface area contributed by atoms with Crippen molar-refractivity contribution in [3.8, 4) is 5.75 Å². The van der Waals surface area contributed by atoms with Gasteiger partial charge in [0, 0.05) is 6.04 Å². The van der Waals surface area contributed by atoms with E-state index < -0.39 is 0 Å². The van der Waals surface area contributed by atoms with Crippen molar-refractivity contribution in [1.29, 1.82) is 0 Å². The van der Waals surface area contributed by atoms with Crippen LogP contribution in [0.25, 0.3) is 0 Å². The van der Waals surface area contributed by atoms with Crippen LogP contribution < -0.4 is 10.1 Å². The zero-order valence-corrected chi connectivity index (χ0v) is 10.4. The van der Waals surface area contributed by atoms with Crippen molar-refractivity contribution in [3.63, 3.8) is 0 Å². The molecule has 0 aliphatic rings. The minimum atomic E-state index is 0.366. The van der Waals surface area contributed by atoms with E-state index in [1.165, 1.54) is 11.1 Å². The summed E-state index contributed by atoms with van der Waals surface area (Å²) in [5.74, 6) is 0.901. The lowest BCUT2D eigenvalue weighted by Gasteiger charge is -2.14. The molecule has 0 aliphatic carbocycles. The Balaban J connectivity index is 2.45. The summed E-state index contributed by atoms with van der Waals surface area (Å²) < 4.78 is 5.13. The molecular weight excluding hydrogens is 198 g/mol. The van der Waals surface area contributed by atoms with Gasteiger partial charge in [-0.05, 0) is 44.5 Å². The van der Waals surface area contributed by atoms with Crippen molar-refractivity contribution in [1.82, 2.24) is 5.32 Å². The first kappa shape index (κ1) is 12.8. The van der Waals surface area contributed by atoms with Gasteiger partial charge in [-0.3, -0.25) is 0 Å². The maximum atomic E-state index is 5.13. The quantitative estimate of drug-likeness (QED) is 0.741. The highest BCUT2D eigenvalue weighted by Gasteiger charge is 2.03. The third-order valence-corrected chi connectivity index (χ3v) is 2.62. The molecule has 2 heteroatoms. The molecule has 1 N–H and O–H groups in total. The zero-order chi connectivity index (χ0) is 12.0. The van der Waals surface area contributed by atoms with Crippen molar-refractivity contribution in [3.05, 3.63) is 42.0 Å². The molecule has 0 amide bonds. The summed E-state index contributed by atoms with van der Waals surface area (Å²) in [6.45, 7) is 9.09. The Labute approximate surface area is 98.3 Å². The Kier molecular flexibility index (Phi) is 5.06. The molecule has 0 aromatic heterocycles. The van der Waals surface area contributed by atoms with Gasteiger partial charge in [-0.25, -0.2) is 0 Å². The van der Waals surface area contributed by atoms with Gasteiger partial charge in [-0.1, -0.05) is 17.7 Å². The van der Waals surface area contributed by atoms with E-state index in [-0.39, 0.29) is 0 Å². The summed E-state index contributed by atoms with van der Waals surface area (Å²) >= 11 is 0. The van der Waals surface area contributed by atoms with E-state index in [0.29, 0.717) is 6.04 Å². The molecule has 1 aromatic carbocycles. The molecule has 16 heavy (non-hydrogen) atoms. The molecule has 0 bridgehead atoms. The van der Waals surface area contributed by atoms with E-state index in [4.69, 9.17) is 4.74 Å². The molecular formula is C14H21NO. The van der Waals surface area contributed by atoms with Crippen molar-refractivity contribution in [2.45, 2.75) is 26.3 Å². The van der Waals surface area contributed by atoms with E-state index in [1.54, 1.807) is 7.11 Å². The molecule has 2 nitrogen and oxygen atoms in total. The Morgan fingerprint density at radius 2 is 2.00 bits per heavy atom. The normalized spacial score (nSPS) is 12.2. The van der Waals surface area contributed by atoms with E-state index in [0.717, 1.165) is 18.7 Å². The van der Waals surface area contributed by atoms with Gasteiger partial charge in [0.15, 0.2) is 0 Å². The average molecular weight is 219 g/mol. The standard InChI is InChI=1S/C14H21NO/c1-11(2)9-10-15-12(3)13-5-7-14(16-4)8-6-13/h5-8,12,15H,1,9-10H2,2-4H3. The highest BCUT2D eigenvalue weighted by atomic mass is 16.5. The van der Waals surface area contributed by atoms with Gasteiger partial charge in [-0.15, -0.1) is 6.58 Å². The second-order valence-electron chi connectivity index (χ2n) is 4.16. The number of hydrogen-bond donors (Lipinski definition) is 1. The number of hydrogen-bond acceptors (Lipinski definition) is 2. The minimum Gasteiger partial charge on any atom is -0.497 e. The average Bonchev–Trinajstić information content (AvgIpc) is 2.28. The van der Waals surface area contributed by atoms with Crippen LogP contribution in [0, 0.1) is 0 Å². The Bertz CT molecular complexity index is 329. The van der Waals surface area contributed by atoms with Crippen molar-refractivity contribution < 1.29 is 4.74 Å². The number of benzene rings is 1. The first-order valence-corrected chi connectivity index (χ1v) is 5.65. The van der Waals surface area contributed by atoms with E-state index >= 15 is 0 Å². The second-order valence-corrected chi connectivity index (χ2v) is 4.16. The molecule has 1 atom stereocenters. The monoisotopic (exact) mass is 219 g/mol. The van der Waals surface area contributed by atoms with Crippen LogP contribution in [0.15, 0.2) is 36.4 Å². The van der Waals surface area contributed by atoms with Gasteiger partial charge in [0.1, 0.15) is 5.75 Å². The number of rotatable bonds is 6. The maximum Gasteiger partial charge on any atom is 0.118 e. The first-order chi connectivity index (χ1) is 7.63. The topological polar surface area (TPSA) is 21.3 Å². The number of methoxy groups -OCH3 is 1. The fourth-order valence-electron chi connectivity index (χ4n) is 1.51. The van der Waals surface area contributed by atoms with Gasteiger partial charge in [-0.2, -0.15) is 0 Å². The molecule has 0 heterocycles. The molecule has 0 spiro atoms. The second kappa shape index (κ2) is 6.33. The first-order valence-electron chi connectivity index (χ1n) is 5.65. The van der Waals surface area contributed by atoms with Gasteiger partial charge in [0.05, 0.1) is 7.11 Å². The smallest absolute Gasteiger partial charge is 0.118 e. The van der Waals surface area contributed by atoms with Gasteiger partial charge < -0.3 is 10.1 Å². The predicted octanol–water partition coefficient (Wildman–Crippen LogP) is 3.31. The third-order valence-electron chi connectivity index (χ3n) is 2.62. The summed E-state index contributed by atoms with van der Waals surface area (Å²) in [5, 5.41) is 3.47. The summed E-state index contributed by atoms with van der Waals surface area (Å²) in [6.07, 6.45) is 1.03. The molecule has 0 saturated carbocycles. The fraction of sp³-hybridized carbons (Fsp3) is 0.429. The molecule has 88 valence electrons. The molecule has 1 unspecified atom stereocenters. The zero-order valence-electron chi connectivity index (χ0n) is 10.4. The summed E-state index contributed by atoms with van der Waals surface area (Å²) in [7, 11) is 1.68. The SMILES string of the molecule is C=C(C)CCNC(C)c1ccc(OC)cc1. The van der Waals surface area contributed by atoms with Gasteiger partial charge in [0.2, 0.25) is 0 Å². The van der Waals surface area contributed by atoms with Crippen LogP contribution in [0.3, 0.4) is 0 Å². The van der Waals surface area contributed by atoms with Crippen LogP contribution in [0.2, 0.25) is 0 Å². The molecule has 0 radical (unpaired) electrons. The maximum absolute atomic E-state index is 5.13. The lowest BCUT2D eigenvalue weighted by atomic mass is 10.1. The van der Waals surface area contributed by atoms with E-state index in [9.17, 15) is 0 Å². The number of nitrogens with one attached hydrogen (secondary N) is 1. The lowest BCUT2D eigenvalue weighted by Crippen LogP contribution is -2.19. The molecule has 0 fully saturated rings. The summed E-state index contributed by atoms with van der Waals surface area (Å²) in [5.41, 5.74) is 2.50. The van der Waals surface area contributed by atoms with Crippen molar-refractivity contribution >= 4 is 0 Å². The highest BCUT2D eigenvalue weighted by molar-refractivity contribution is 5.28. The predicted molar refractivity (Wildman–Crippen MR) is 68.8 cm³/mol. The molecule has 0 saturated heterocycles. The van der Waals surface area contributed by atoms with Gasteiger partial charge >= 0.3 is 0 Å². The molecule has 0 aliphatic heterocycles. The van der Waals surface area contributed by atoms with Crippen LogP contribution in [0.5, 0.6) is 5.75 Å². The van der Waals surface area contributed by atoms with Crippen LogP contribution in [0.4, 0.5) is 0 Å². The van der Waals surface area contributed by atoms with Crippen LogP contribution in [-0.4, -0.2) is 13.7 Å². The lowest BCUT2D eigenvalue weighted by molar-refractivity contribution is 0.414. The van der Waals surface area contributed by atoms with Crippen LogP contribution in [0.1, 0.15) is 31.9 Å². The number of ether oxygens (including phenoxy) is 1. The summed E-state index contributed by atoms with van der Waals surface area (Å²) in [6, 6.07) is 8.54. The third kappa shape index (κ3) is 4.07. The van der Waals surface area contributed by atoms with Crippen LogP contribution >= 0.6 is 0 Å². The summed E-state index contributed by atoms with van der Waals surface area (Å²) in [4.78, 5) is 0. The van der Waals surface area contributed by atoms with Crippen LogP contribution in [-0.2, 0) is 0 Å². The Hall–Kier alpha value is -1.28. The van der Waals surface area contributed by atoms with Gasteiger partial charge in [0.25, 0.3) is 0 Å². The van der Waals surface area contributed by atoms with E-state index in [2.05, 4.69) is 37.9 Å². The molecule has 1 aromatic rings. The van der Waals surface area contributed by atoms with E-state index in [1.807, 2.05) is 12.1 Å². The Morgan fingerprint density at radius 3 is 2.50 bits per heavy atom. The highest BCUT2D eigenvalue weighted by Crippen LogP contribution is 2.17. The fourth-order valence-corrected chi connectivity index (χ4v) is 1.51. The van der Waals surface area contributed by atoms with Crippen molar-refractivity contribution in [2.24, 2.45) is 0 Å². The largest absolute Gasteiger partial charge is 0.497 e.